The molecule has 82 valence electrons. The molecule has 14 heavy (non-hydrogen) atoms. The van der Waals surface area contributed by atoms with Crippen LogP contribution in [-0.2, 0) is 4.79 Å². The lowest BCUT2D eigenvalue weighted by atomic mass is 9.91. The Bertz CT molecular complexity index is 206. The number of nitrogens with two attached hydrogens (primary N) is 2. The normalized spacial score (nSPS) is 28.4. The van der Waals surface area contributed by atoms with Gasteiger partial charge < -0.3 is 11.5 Å². The van der Waals surface area contributed by atoms with Gasteiger partial charge in [0.15, 0.2) is 0 Å². The number of piperidine rings is 1. The average Bonchev–Trinajstić information content (AvgIpc) is 2.16. The number of primary amides is 1. The Hall–Kier alpha value is -0.610. The molecule has 1 saturated heterocycles. The van der Waals surface area contributed by atoms with Crippen molar-refractivity contribution in [3.8, 4) is 0 Å². The van der Waals surface area contributed by atoms with E-state index in [4.69, 9.17) is 11.5 Å². The van der Waals surface area contributed by atoms with Gasteiger partial charge in [-0.2, -0.15) is 0 Å². The molecule has 1 amide bonds. The van der Waals surface area contributed by atoms with Crippen LogP contribution in [0.3, 0.4) is 0 Å². The van der Waals surface area contributed by atoms with E-state index in [0.717, 1.165) is 19.5 Å². The van der Waals surface area contributed by atoms with Gasteiger partial charge in [0.05, 0.1) is 6.04 Å². The summed E-state index contributed by atoms with van der Waals surface area (Å²) in [5.74, 6) is 0.265. The average molecular weight is 199 g/mol. The predicted molar refractivity (Wildman–Crippen MR) is 56.6 cm³/mol. The lowest BCUT2D eigenvalue weighted by Gasteiger charge is -2.37. The number of hydrogen-bond acceptors (Lipinski definition) is 3. The molecule has 4 N–H and O–H groups in total. The highest BCUT2D eigenvalue weighted by Crippen LogP contribution is 2.20. The molecule has 0 aromatic carbocycles. The number of likely N-dealkylation sites (tertiary alicyclic amines) is 1. The van der Waals surface area contributed by atoms with E-state index in [0.29, 0.717) is 5.92 Å². The molecule has 0 spiro atoms. The Kier molecular flexibility index (Phi) is 3.89. The number of carbonyl (C=O) groups is 1. The van der Waals surface area contributed by atoms with Crippen molar-refractivity contribution in [2.45, 2.75) is 38.8 Å². The van der Waals surface area contributed by atoms with Crippen LogP contribution in [-0.4, -0.2) is 36.0 Å². The van der Waals surface area contributed by atoms with E-state index in [1.807, 2.05) is 13.8 Å². The van der Waals surface area contributed by atoms with E-state index in [1.165, 1.54) is 6.42 Å². The quantitative estimate of drug-likeness (QED) is 0.667. The number of carbonyl (C=O) groups excluding carboxylic acids is 1. The molecule has 1 heterocycles. The Balaban J connectivity index is 2.51. The fourth-order valence-corrected chi connectivity index (χ4v) is 2.00. The van der Waals surface area contributed by atoms with Crippen LogP contribution in [0, 0.1) is 5.92 Å². The molecule has 4 heteroatoms. The third-order valence-corrected chi connectivity index (χ3v) is 3.19. The molecule has 3 atom stereocenters. The van der Waals surface area contributed by atoms with Crippen LogP contribution in [0.15, 0.2) is 0 Å². The van der Waals surface area contributed by atoms with E-state index < -0.39 is 0 Å². The van der Waals surface area contributed by atoms with Crippen LogP contribution in [0.4, 0.5) is 0 Å². The Morgan fingerprint density at radius 2 is 2.14 bits per heavy atom. The van der Waals surface area contributed by atoms with Gasteiger partial charge in [-0.1, -0.05) is 0 Å². The monoisotopic (exact) mass is 199 g/mol. The number of rotatable bonds is 3. The van der Waals surface area contributed by atoms with Crippen molar-refractivity contribution in [3.63, 3.8) is 0 Å². The van der Waals surface area contributed by atoms with Crippen molar-refractivity contribution in [2.75, 3.05) is 13.1 Å². The topological polar surface area (TPSA) is 72.3 Å². The molecule has 0 bridgehead atoms. The predicted octanol–water partition coefficient (Wildman–Crippen LogP) is -0.0806. The molecule has 4 nitrogen and oxygen atoms in total. The molecule has 0 aromatic heterocycles. The number of nitrogens with zero attached hydrogens (tertiary/aromatic N) is 1. The summed E-state index contributed by atoms with van der Waals surface area (Å²) >= 11 is 0. The zero-order valence-electron chi connectivity index (χ0n) is 9.07. The maximum Gasteiger partial charge on any atom is 0.234 e. The SMILES string of the molecule is CC(N)C1CCCN(C(C)C(N)=O)C1. The van der Waals surface area contributed by atoms with E-state index in [2.05, 4.69) is 4.90 Å². The molecule has 0 aromatic rings. The van der Waals surface area contributed by atoms with Crippen molar-refractivity contribution in [1.82, 2.24) is 4.90 Å². The van der Waals surface area contributed by atoms with Gasteiger partial charge in [0, 0.05) is 12.6 Å². The standard InChI is InChI=1S/C10H21N3O/c1-7(11)9-4-3-5-13(6-9)8(2)10(12)14/h7-9H,3-6,11H2,1-2H3,(H2,12,14). The number of amides is 1. The van der Waals surface area contributed by atoms with Gasteiger partial charge in [-0.3, -0.25) is 9.69 Å². The molecule has 1 fully saturated rings. The Morgan fingerprint density at radius 1 is 1.50 bits per heavy atom. The van der Waals surface area contributed by atoms with E-state index in [9.17, 15) is 4.79 Å². The summed E-state index contributed by atoms with van der Waals surface area (Å²) in [6.07, 6.45) is 2.28. The summed E-state index contributed by atoms with van der Waals surface area (Å²) in [4.78, 5) is 13.2. The van der Waals surface area contributed by atoms with Crippen LogP contribution in [0.2, 0.25) is 0 Å². The third-order valence-electron chi connectivity index (χ3n) is 3.19. The first kappa shape index (κ1) is 11.5. The first-order valence-corrected chi connectivity index (χ1v) is 5.31. The van der Waals surface area contributed by atoms with Crippen molar-refractivity contribution < 1.29 is 4.79 Å². The summed E-state index contributed by atoms with van der Waals surface area (Å²) < 4.78 is 0. The van der Waals surface area contributed by atoms with Gasteiger partial charge in [0.2, 0.25) is 5.91 Å². The van der Waals surface area contributed by atoms with Crippen LogP contribution >= 0.6 is 0 Å². The molecule has 1 aliphatic rings. The molecule has 1 rings (SSSR count). The van der Waals surface area contributed by atoms with Crippen LogP contribution in [0.5, 0.6) is 0 Å². The molecule has 0 aliphatic carbocycles. The van der Waals surface area contributed by atoms with Gasteiger partial charge in [-0.15, -0.1) is 0 Å². The smallest absolute Gasteiger partial charge is 0.234 e. The van der Waals surface area contributed by atoms with E-state index >= 15 is 0 Å². The molecule has 3 unspecified atom stereocenters. The molecule has 1 aliphatic heterocycles. The van der Waals surface area contributed by atoms with Crippen molar-refractivity contribution in [3.05, 3.63) is 0 Å². The van der Waals surface area contributed by atoms with Crippen LogP contribution in [0.25, 0.3) is 0 Å². The highest BCUT2D eigenvalue weighted by molar-refractivity contribution is 5.79. The second kappa shape index (κ2) is 4.75. The van der Waals surface area contributed by atoms with Gasteiger partial charge in [0.1, 0.15) is 0 Å². The lowest BCUT2D eigenvalue weighted by molar-refractivity contribution is -0.123. The second-order valence-corrected chi connectivity index (χ2v) is 4.33. The van der Waals surface area contributed by atoms with E-state index in [1.54, 1.807) is 0 Å². The summed E-state index contributed by atoms with van der Waals surface area (Å²) in [5, 5.41) is 0. The summed E-state index contributed by atoms with van der Waals surface area (Å²) in [7, 11) is 0. The van der Waals surface area contributed by atoms with Crippen molar-refractivity contribution in [1.29, 1.82) is 0 Å². The minimum Gasteiger partial charge on any atom is -0.368 e. The van der Waals surface area contributed by atoms with Crippen molar-refractivity contribution in [2.24, 2.45) is 17.4 Å². The van der Waals surface area contributed by atoms with Gasteiger partial charge >= 0.3 is 0 Å². The first-order chi connectivity index (χ1) is 6.52. The zero-order valence-corrected chi connectivity index (χ0v) is 9.07. The van der Waals surface area contributed by atoms with E-state index in [-0.39, 0.29) is 18.0 Å². The largest absolute Gasteiger partial charge is 0.368 e. The molecular weight excluding hydrogens is 178 g/mol. The summed E-state index contributed by atoms with van der Waals surface area (Å²) in [6.45, 7) is 5.77. The summed E-state index contributed by atoms with van der Waals surface area (Å²) in [5.41, 5.74) is 11.1. The minimum atomic E-state index is -0.240. The minimum absolute atomic E-state index is 0.156. The maximum atomic E-state index is 11.0. The Labute approximate surface area is 85.6 Å². The van der Waals surface area contributed by atoms with Crippen LogP contribution < -0.4 is 11.5 Å². The Morgan fingerprint density at radius 3 is 2.64 bits per heavy atom. The maximum absolute atomic E-state index is 11.0. The fraction of sp³-hybridized carbons (Fsp3) is 0.900. The van der Waals surface area contributed by atoms with Gasteiger partial charge in [-0.05, 0) is 39.2 Å². The van der Waals surface area contributed by atoms with Crippen LogP contribution in [0.1, 0.15) is 26.7 Å². The molecule has 0 radical (unpaired) electrons. The molecule has 0 saturated carbocycles. The van der Waals surface area contributed by atoms with Gasteiger partial charge in [-0.25, -0.2) is 0 Å². The summed E-state index contributed by atoms with van der Waals surface area (Å²) in [6, 6.07) is 0.0504. The zero-order chi connectivity index (χ0) is 10.7. The fourth-order valence-electron chi connectivity index (χ4n) is 2.00. The number of hydrogen-bond donors (Lipinski definition) is 2. The highest BCUT2D eigenvalue weighted by atomic mass is 16.1. The second-order valence-electron chi connectivity index (χ2n) is 4.33. The third kappa shape index (κ3) is 2.69. The first-order valence-electron chi connectivity index (χ1n) is 5.31. The van der Waals surface area contributed by atoms with Gasteiger partial charge in [0.25, 0.3) is 0 Å². The molecular formula is C10H21N3O. The lowest BCUT2D eigenvalue weighted by Crippen LogP contribution is -2.50. The van der Waals surface area contributed by atoms with Crippen molar-refractivity contribution >= 4 is 5.91 Å². The highest BCUT2D eigenvalue weighted by Gasteiger charge is 2.27.